The molecule has 0 spiro atoms. The Labute approximate surface area is 169 Å². The van der Waals surface area contributed by atoms with Gasteiger partial charge in [0.05, 0.1) is 0 Å². The van der Waals surface area contributed by atoms with Gasteiger partial charge in [-0.3, -0.25) is 14.7 Å². The highest BCUT2D eigenvalue weighted by Gasteiger charge is 2.34. The zero-order valence-electron chi connectivity index (χ0n) is 16.4. The van der Waals surface area contributed by atoms with Gasteiger partial charge in [-0.25, -0.2) is 0 Å². The van der Waals surface area contributed by atoms with E-state index < -0.39 is 0 Å². The van der Waals surface area contributed by atoms with Gasteiger partial charge in [0, 0.05) is 38.6 Å². The van der Waals surface area contributed by atoms with Gasteiger partial charge in [-0.15, -0.1) is 0 Å². The molecule has 5 rings (SSSR count). The Bertz CT molecular complexity index is 942. The van der Waals surface area contributed by atoms with Crippen LogP contribution in [0.1, 0.15) is 24.4 Å². The lowest BCUT2D eigenvalue weighted by atomic mass is 10.1. The highest BCUT2D eigenvalue weighted by Crippen LogP contribution is 2.28. The van der Waals surface area contributed by atoms with Gasteiger partial charge in [-0.05, 0) is 49.7 Å². The lowest BCUT2D eigenvalue weighted by Gasteiger charge is -2.37. The standard InChI is InChI=1S/C22H25N5O2/c28-21(20(25-10-3-4-11-25)17-6-5-9-23-16-17)26-12-14-27(15-13-26)22-24-18-7-1-2-8-19(18)29-22/h1-2,5-9,16,20H,3-4,10-15H2/t20-/m0/s1. The summed E-state index contributed by atoms with van der Waals surface area (Å²) in [5.74, 6) is 0.178. The number of oxazole rings is 1. The highest BCUT2D eigenvalue weighted by atomic mass is 16.4. The Hall–Kier alpha value is -2.93. The van der Waals surface area contributed by atoms with E-state index in [0.29, 0.717) is 19.1 Å². The van der Waals surface area contributed by atoms with Crippen LogP contribution in [-0.4, -0.2) is 64.9 Å². The monoisotopic (exact) mass is 391 g/mol. The molecule has 2 aliphatic heterocycles. The number of rotatable bonds is 4. The van der Waals surface area contributed by atoms with Crippen molar-refractivity contribution in [3.63, 3.8) is 0 Å². The molecule has 3 aromatic rings. The minimum atomic E-state index is -0.234. The number of pyridine rings is 1. The van der Waals surface area contributed by atoms with Gasteiger partial charge < -0.3 is 14.2 Å². The van der Waals surface area contributed by atoms with Crippen LogP contribution < -0.4 is 4.90 Å². The predicted octanol–water partition coefficient (Wildman–Crippen LogP) is 2.71. The third kappa shape index (κ3) is 3.58. The van der Waals surface area contributed by atoms with Gasteiger partial charge in [0.1, 0.15) is 11.6 Å². The molecule has 1 aromatic carbocycles. The van der Waals surface area contributed by atoms with Crippen LogP contribution in [0.4, 0.5) is 6.01 Å². The van der Waals surface area contributed by atoms with Crippen molar-refractivity contribution < 1.29 is 9.21 Å². The van der Waals surface area contributed by atoms with Crippen LogP contribution in [0, 0.1) is 0 Å². The minimum absolute atomic E-state index is 0.178. The molecule has 2 saturated heterocycles. The minimum Gasteiger partial charge on any atom is -0.423 e. The van der Waals surface area contributed by atoms with Crippen molar-refractivity contribution in [2.75, 3.05) is 44.2 Å². The third-order valence-electron chi connectivity index (χ3n) is 5.88. The van der Waals surface area contributed by atoms with Crippen molar-refractivity contribution >= 4 is 23.0 Å². The first-order valence-corrected chi connectivity index (χ1v) is 10.3. The van der Waals surface area contributed by atoms with Crippen molar-refractivity contribution in [2.24, 2.45) is 0 Å². The van der Waals surface area contributed by atoms with Crippen LogP contribution in [0.2, 0.25) is 0 Å². The first kappa shape index (κ1) is 18.1. The largest absolute Gasteiger partial charge is 0.423 e. The van der Waals surface area contributed by atoms with Crippen LogP contribution >= 0.6 is 0 Å². The van der Waals surface area contributed by atoms with Crippen molar-refractivity contribution in [2.45, 2.75) is 18.9 Å². The van der Waals surface area contributed by atoms with Gasteiger partial charge in [0.25, 0.3) is 6.01 Å². The number of amides is 1. The SMILES string of the molecule is O=C([C@H](c1cccnc1)N1CCCC1)N1CCN(c2nc3ccccc3o2)CC1. The van der Waals surface area contributed by atoms with Crippen LogP contribution in [-0.2, 0) is 4.79 Å². The molecule has 1 amide bonds. The van der Waals surface area contributed by atoms with Gasteiger partial charge >= 0.3 is 0 Å². The van der Waals surface area contributed by atoms with Gasteiger partial charge in [-0.1, -0.05) is 18.2 Å². The number of piperazine rings is 1. The smallest absolute Gasteiger partial charge is 0.298 e. The first-order valence-electron chi connectivity index (χ1n) is 10.3. The maximum Gasteiger partial charge on any atom is 0.298 e. The molecule has 2 aromatic heterocycles. The summed E-state index contributed by atoms with van der Waals surface area (Å²) in [6, 6.07) is 12.1. The summed E-state index contributed by atoms with van der Waals surface area (Å²) in [6.45, 7) is 4.71. The number of carbonyl (C=O) groups excluding carboxylic acids is 1. The quantitative estimate of drug-likeness (QED) is 0.681. The number of fused-ring (bicyclic) bond motifs is 1. The summed E-state index contributed by atoms with van der Waals surface area (Å²) < 4.78 is 5.90. The number of anilines is 1. The van der Waals surface area contributed by atoms with Crippen LogP contribution in [0.15, 0.2) is 53.2 Å². The maximum atomic E-state index is 13.5. The molecule has 2 aliphatic rings. The number of aromatic nitrogens is 2. The fourth-order valence-corrected chi connectivity index (χ4v) is 4.33. The number of carbonyl (C=O) groups is 1. The van der Waals surface area contributed by atoms with E-state index in [1.54, 1.807) is 6.20 Å². The molecular weight excluding hydrogens is 366 g/mol. The number of hydrogen-bond donors (Lipinski definition) is 0. The van der Waals surface area contributed by atoms with Crippen molar-refractivity contribution in [3.05, 3.63) is 54.4 Å². The second-order valence-electron chi connectivity index (χ2n) is 7.71. The summed E-state index contributed by atoms with van der Waals surface area (Å²) in [4.78, 5) is 28.7. The fraction of sp³-hybridized carbons (Fsp3) is 0.409. The Morgan fingerprint density at radius 1 is 0.966 bits per heavy atom. The predicted molar refractivity (Wildman–Crippen MR) is 111 cm³/mol. The molecule has 0 unspecified atom stereocenters. The van der Waals surface area contributed by atoms with Crippen LogP contribution in [0.5, 0.6) is 0 Å². The molecule has 150 valence electrons. The summed E-state index contributed by atoms with van der Waals surface area (Å²) in [7, 11) is 0. The second-order valence-corrected chi connectivity index (χ2v) is 7.71. The van der Waals surface area contributed by atoms with Crippen molar-refractivity contribution in [1.82, 2.24) is 19.8 Å². The fourth-order valence-electron chi connectivity index (χ4n) is 4.33. The number of benzene rings is 1. The van der Waals surface area contributed by atoms with E-state index in [1.807, 2.05) is 47.5 Å². The molecule has 0 N–H and O–H groups in total. The van der Waals surface area contributed by atoms with Gasteiger partial charge in [-0.2, -0.15) is 4.98 Å². The highest BCUT2D eigenvalue weighted by molar-refractivity contribution is 5.83. The average molecular weight is 391 g/mol. The molecule has 7 heteroatoms. The molecule has 0 aliphatic carbocycles. The Morgan fingerprint density at radius 3 is 2.48 bits per heavy atom. The van der Waals surface area contributed by atoms with E-state index in [4.69, 9.17) is 4.42 Å². The Morgan fingerprint density at radius 2 is 1.76 bits per heavy atom. The average Bonchev–Trinajstić information content (AvgIpc) is 3.45. The third-order valence-corrected chi connectivity index (χ3v) is 5.88. The lowest BCUT2D eigenvalue weighted by Crippen LogP contribution is -2.52. The van der Waals surface area contributed by atoms with Crippen molar-refractivity contribution in [1.29, 1.82) is 0 Å². The molecule has 0 bridgehead atoms. The molecule has 0 saturated carbocycles. The second kappa shape index (κ2) is 7.83. The molecule has 2 fully saturated rings. The molecular formula is C22H25N5O2. The Balaban J connectivity index is 1.30. The topological polar surface area (TPSA) is 65.7 Å². The molecule has 29 heavy (non-hydrogen) atoms. The van der Waals surface area contributed by atoms with E-state index >= 15 is 0 Å². The van der Waals surface area contributed by atoms with E-state index in [2.05, 4.69) is 19.8 Å². The van der Waals surface area contributed by atoms with Gasteiger partial charge in [0.15, 0.2) is 5.58 Å². The molecule has 0 radical (unpaired) electrons. The maximum absolute atomic E-state index is 13.5. The van der Waals surface area contributed by atoms with E-state index in [1.165, 1.54) is 0 Å². The molecule has 1 atom stereocenters. The summed E-state index contributed by atoms with van der Waals surface area (Å²) in [5.41, 5.74) is 2.65. The number of hydrogen-bond acceptors (Lipinski definition) is 6. The number of nitrogens with zero attached hydrogens (tertiary/aromatic N) is 5. The van der Waals surface area contributed by atoms with Crippen molar-refractivity contribution in [3.8, 4) is 0 Å². The zero-order valence-corrected chi connectivity index (χ0v) is 16.4. The lowest BCUT2D eigenvalue weighted by molar-refractivity contribution is -0.137. The summed E-state index contributed by atoms with van der Waals surface area (Å²) >= 11 is 0. The van der Waals surface area contributed by atoms with E-state index in [-0.39, 0.29) is 11.9 Å². The first-order chi connectivity index (χ1) is 14.3. The van der Waals surface area contributed by atoms with Gasteiger partial charge in [0.2, 0.25) is 5.91 Å². The van der Waals surface area contributed by atoms with E-state index in [0.717, 1.165) is 55.7 Å². The van der Waals surface area contributed by atoms with Crippen LogP contribution in [0.25, 0.3) is 11.1 Å². The number of para-hydroxylation sites is 2. The van der Waals surface area contributed by atoms with E-state index in [9.17, 15) is 4.79 Å². The normalized spacial score (nSPS) is 19.0. The van der Waals surface area contributed by atoms with Crippen LogP contribution in [0.3, 0.4) is 0 Å². The number of likely N-dealkylation sites (tertiary alicyclic amines) is 1. The Kier molecular flexibility index (Phi) is 4.89. The zero-order chi connectivity index (χ0) is 19.6. The molecule has 7 nitrogen and oxygen atoms in total. The summed E-state index contributed by atoms with van der Waals surface area (Å²) in [6.07, 6.45) is 5.88. The molecule has 4 heterocycles. The summed E-state index contributed by atoms with van der Waals surface area (Å²) in [5, 5.41) is 0.